The minimum atomic E-state index is -0.797. The molecule has 5 fully saturated rings. The summed E-state index contributed by atoms with van der Waals surface area (Å²) in [5.74, 6) is -0.978. The lowest BCUT2D eigenvalue weighted by Gasteiger charge is -2.41. The molecule has 1 aliphatic carbocycles. The van der Waals surface area contributed by atoms with Gasteiger partial charge in [0.2, 0.25) is 5.91 Å². The van der Waals surface area contributed by atoms with Gasteiger partial charge in [0.05, 0.1) is 70.9 Å². The van der Waals surface area contributed by atoms with Gasteiger partial charge in [-0.2, -0.15) is 50.6 Å². The number of halogens is 4. The molecule has 12 heterocycles. The summed E-state index contributed by atoms with van der Waals surface area (Å²) in [6.07, 6.45) is 13.1. The highest BCUT2D eigenvalue weighted by atomic mass is 35.5. The summed E-state index contributed by atoms with van der Waals surface area (Å²) in [5, 5.41) is 46.5. The molecule has 1 saturated carbocycles. The molecule has 9 aromatic rings. The van der Waals surface area contributed by atoms with E-state index in [0.717, 1.165) is 179 Å². The Hall–Kier alpha value is -10.6. The first kappa shape index (κ1) is 118. The molecule has 6 N–H and O–H groups in total. The number of rotatable bonds is 39. The van der Waals surface area contributed by atoms with E-state index in [0.29, 0.717) is 167 Å². The number of aromatic nitrogens is 4. The van der Waals surface area contributed by atoms with Crippen LogP contribution < -0.4 is 32.1 Å². The Bertz CT molecular complexity index is 5840. The van der Waals surface area contributed by atoms with Crippen molar-refractivity contribution in [1.29, 1.82) is 5.26 Å². The number of pyridine rings is 4. The number of carbonyl (C=O) groups is 9. The lowest BCUT2D eigenvalue weighted by molar-refractivity contribution is -0.139. The van der Waals surface area contributed by atoms with Gasteiger partial charge in [0.1, 0.15) is 39.4 Å². The quantitative estimate of drug-likeness (QED) is 0.00902. The maximum atomic E-state index is 13.4. The number of likely N-dealkylation sites (tertiary alicyclic amines) is 4. The van der Waals surface area contributed by atoms with Crippen molar-refractivity contribution >= 4 is 151 Å². The first-order valence-corrected chi connectivity index (χ1v) is 55.9. The number of urea groups is 2. The molecule has 0 spiro atoms. The highest BCUT2D eigenvalue weighted by molar-refractivity contribution is 7.08. The average molecular weight is 2180 g/mol. The van der Waals surface area contributed by atoms with Crippen LogP contribution in [0, 0.1) is 72.1 Å². The van der Waals surface area contributed by atoms with E-state index in [9.17, 15) is 48.4 Å². The third-order valence-corrected chi connectivity index (χ3v) is 32.2. The Labute approximate surface area is 906 Å². The zero-order valence-electron chi connectivity index (χ0n) is 87.5. The van der Waals surface area contributed by atoms with Gasteiger partial charge in [-0.25, -0.2) is 39.8 Å². The van der Waals surface area contributed by atoms with Gasteiger partial charge >= 0.3 is 18.0 Å². The smallest absolute Gasteiger partial charge is 0.341 e. The lowest BCUT2D eigenvalue weighted by atomic mass is 9.97. The molecule has 14 rings (SSSR count). The number of amides is 10. The van der Waals surface area contributed by atoms with Gasteiger partial charge in [-0.05, 0) is 327 Å². The maximum Gasteiger partial charge on any atom is 0.341 e. The fourth-order valence-corrected chi connectivity index (χ4v) is 23.6. The number of nitriles is 1. The maximum absolute atomic E-state index is 13.4. The third kappa shape index (κ3) is 34.2. The van der Waals surface area contributed by atoms with Crippen LogP contribution in [0.1, 0.15) is 242 Å². The van der Waals surface area contributed by atoms with Crippen LogP contribution in [0.15, 0.2) is 121 Å². The van der Waals surface area contributed by atoms with Crippen LogP contribution in [-0.2, 0) is 56.7 Å². The molecule has 4 aliphatic heterocycles. The molecular formula is C108H142Cl4N20O12S4. The highest BCUT2D eigenvalue weighted by Gasteiger charge is 2.54. The number of esters is 1. The van der Waals surface area contributed by atoms with E-state index in [1.165, 1.54) is 27.5 Å². The molecule has 1 unspecified atom stereocenters. The van der Waals surface area contributed by atoms with E-state index in [1.807, 2.05) is 93.1 Å². The van der Waals surface area contributed by atoms with E-state index in [-0.39, 0.29) is 77.6 Å². The number of hydrogen-bond donors (Lipinski definition) is 6. The van der Waals surface area contributed by atoms with Crippen molar-refractivity contribution in [3.63, 3.8) is 0 Å². The zero-order valence-corrected chi connectivity index (χ0v) is 93.8. The number of nitrogens with one attached hydrogen (secondary N) is 6. The summed E-state index contributed by atoms with van der Waals surface area (Å²) in [7, 11) is 4.24. The van der Waals surface area contributed by atoms with Crippen molar-refractivity contribution in [2.75, 3.05) is 99.9 Å². The van der Waals surface area contributed by atoms with Crippen LogP contribution >= 0.6 is 91.8 Å². The number of benzene rings is 1. The van der Waals surface area contributed by atoms with Crippen molar-refractivity contribution in [3.05, 3.63) is 237 Å². The van der Waals surface area contributed by atoms with Crippen molar-refractivity contribution in [1.82, 2.24) is 91.2 Å². The first-order valence-electron chi connectivity index (χ1n) is 50.6. The molecule has 798 valence electrons. The molecular weight excluding hydrogens is 2040 g/mol. The van der Waals surface area contributed by atoms with E-state index in [4.69, 9.17) is 60.8 Å². The summed E-state index contributed by atoms with van der Waals surface area (Å²) in [5.41, 5.74) is 15.8. The van der Waals surface area contributed by atoms with E-state index in [2.05, 4.69) is 144 Å². The van der Waals surface area contributed by atoms with E-state index >= 15 is 0 Å². The molecule has 5 aliphatic rings. The summed E-state index contributed by atoms with van der Waals surface area (Å²) in [6.45, 7) is 35.5. The predicted molar refractivity (Wildman–Crippen MR) is 587 cm³/mol. The number of aryl methyl sites for hydroxylation is 8. The van der Waals surface area contributed by atoms with Gasteiger partial charge in [-0.3, -0.25) is 33.6 Å². The molecule has 8 aromatic heterocycles. The summed E-state index contributed by atoms with van der Waals surface area (Å²) >= 11 is 30.5. The Kier molecular flexibility index (Phi) is 46.2. The minimum Gasteiger partial charge on any atom is -0.465 e. The summed E-state index contributed by atoms with van der Waals surface area (Å²) in [4.78, 5) is 159. The molecule has 4 saturated heterocycles. The second kappa shape index (κ2) is 58.1. The van der Waals surface area contributed by atoms with Gasteiger partial charge in [-0.1, -0.05) is 63.7 Å². The normalized spacial score (nSPS) is 16.0. The Balaban J connectivity index is 0.000000188. The molecule has 1 aromatic carbocycles. The van der Waals surface area contributed by atoms with Gasteiger partial charge < -0.3 is 75.4 Å². The first-order chi connectivity index (χ1) is 71.0. The molecule has 0 radical (unpaired) electrons. The van der Waals surface area contributed by atoms with Crippen molar-refractivity contribution < 1.29 is 57.6 Å². The molecule has 0 bridgehead atoms. The fourth-order valence-electron chi connectivity index (χ4n) is 19.8. The number of thiophene rings is 4. The largest absolute Gasteiger partial charge is 0.465 e. The number of hydrogen-bond acceptors (Lipinski definition) is 26. The number of nitrogens with zero attached hydrogens (tertiary/aromatic N) is 14. The van der Waals surface area contributed by atoms with Crippen molar-refractivity contribution in [3.8, 4) is 6.07 Å². The number of hydroxylamine groups is 1. The monoisotopic (exact) mass is 2180 g/mol. The van der Waals surface area contributed by atoms with E-state index in [1.54, 1.807) is 109 Å². The number of ether oxygens (including phenoxy) is 1. The Morgan fingerprint density at radius 2 is 0.730 bits per heavy atom. The molecule has 40 heteroatoms. The second-order valence-corrected chi connectivity index (χ2v) is 43.5. The van der Waals surface area contributed by atoms with Crippen LogP contribution in [0.3, 0.4) is 0 Å². The van der Waals surface area contributed by atoms with Crippen LogP contribution in [-0.4, -0.2) is 267 Å². The molecule has 32 nitrogen and oxygen atoms in total. The standard InChI is InChI=1S/C32H40ClN5O4S.C27H34ClN5O2S.C25H34ClN5O3S.C24H34ClN5O3S/c1-21-17-28(33)36-23(3)29(21)30(39)34-13-9-22(2)37-14-10-27(11-15-37)38(19-25-12-16-43-20-25)32(41)35-18-24-5-7-26(8-6-24)31(40)42-4;1-18-14-23(28)31-20(3)24(18)25(34)30-10-4-19(2)32-11-5-22(6-12-32)33(15-21-7-13-36-16-21)26(35)27(17-29)8-9-27;1-17-13-22(26)29-19(3)24(17)25(33)27-9-5-18(2)30-10-6-21(7-11-30)31(23(32)14-28-34-4)15-20-8-12-35-16-20;1-16-13-21(25)27-18(3)22(16)23(31)26-9-5-17(2)29-10-6-20(7-11-29)30(24(32)28-33-4)14-19-8-12-34-15-19/h5-8,12,16-17,20,22,27H,9-11,13-15,18-19H2,1-4H3,(H,34,39)(H,35,41);7,13-14,16,19,22H,4-6,8-12,15H2,1-3H3,(H,30,34);8,12-14,16,18,21H,5-7,9-11,15H2,1-4H3,(H,27,33);8,12-13,15,17,20H,5-7,9-11,14H2,1-4H3,(H,26,31)(H,28,32)/b;;28-14+;/t;19-;18-;17-/m.111/s1. The molecule has 4 atom stereocenters. The Morgan fingerprint density at radius 3 is 1.01 bits per heavy atom. The van der Waals surface area contributed by atoms with Crippen LogP contribution in [0.2, 0.25) is 20.6 Å². The fraction of sp³-hybridized carbons (Fsp3) is 0.509. The average Bonchev–Trinajstić information content (AvgIpc) is 1.61. The van der Waals surface area contributed by atoms with Gasteiger partial charge in [0, 0.05) is 160 Å². The van der Waals surface area contributed by atoms with Crippen molar-refractivity contribution in [2.24, 2.45) is 10.6 Å². The predicted octanol–water partition coefficient (Wildman–Crippen LogP) is 18.5. The summed E-state index contributed by atoms with van der Waals surface area (Å²) < 4.78 is 4.76. The van der Waals surface area contributed by atoms with Gasteiger partial charge in [0.25, 0.3) is 29.5 Å². The van der Waals surface area contributed by atoms with Crippen LogP contribution in [0.4, 0.5) is 9.59 Å². The van der Waals surface area contributed by atoms with E-state index < -0.39 is 5.41 Å². The number of methoxy groups -OCH3 is 1. The van der Waals surface area contributed by atoms with Crippen LogP contribution in [0.25, 0.3) is 0 Å². The van der Waals surface area contributed by atoms with Crippen LogP contribution in [0.5, 0.6) is 0 Å². The number of oxime groups is 1. The number of piperidine rings is 4. The van der Waals surface area contributed by atoms with Gasteiger partial charge in [-0.15, -0.1) is 0 Å². The lowest BCUT2D eigenvalue weighted by Crippen LogP contribution is -2.51. The topological polar surface area (TPSA) is 367 Å². The van der Waals surface area contributed by atoms with Gasteiger partial charge in [0.15, 0.2) is 0 Å². The van der Waals surface area contributed by atoms with Crippen molar-refractivity contribution in [2.45, 2.75) is 254 Å². The SMILES string of the molecule is CO/N=C/C(=O)N(Cc1ccsc1)C1CCN([C@H](C)CCNC(=O)c2c(C)cc(Cl)nc2C)CC1.COC(=O)c1ccc(CNC(=O)N(Cc2ccsc2)C2CCN(C(C)CCNC(=O)c3c(C)cc(Cl)nc3C)CC2)cc1.CONC(=O)N(Cc1ccsc1)C1CCN([C@H](C)CCNC(=O)c2c(C)cc(Cl)nc2C)CC1.Cc1cc(Cl)nc(C)c1C(=O)NCC[C@@H](C)N1CCC(N(Cc2ccsc2)C(=O)C2(C#N)CC2)CC1. The minimum absolute atomic E-state index is 0.00712. The number of carbonyl (C=O) groups excluding carboxylic acids is 9. The zero-order chi connectivity index (χ0) is 107. The highest BCUT2D eigenvalue weighted by Crippen LogP contribution is 2.48. The summed E-state index contributed by atoms with van der Waals surface area (Å²) in [6, 6.07) is 25.9. The Morgan fingerprint density at radius 1 is 0.432 bits per heavy atom. The second-order valence-electron chi connectivity index (χ2n) is 38.8. The molecule has 148 heavy (non-hydrogen) atoms. The third-order valence-electron chi connectivity index (χ3n) is 28.5. The molecule has 10 amide bonds.